The highest BCUT2D eigenvalue weighted by atomic mass is 19.1. The fraction of sp³-hybridized carbons (Fsp3) is 0.522. The second kappa shape index (κ2) is 7.18. The van der Waals surface area contributed by atoms with Crippen molar-refractivity contribution in [3.63, 3.8) is 0 Å². The lowest BCUT2D eigenvalue weighted by Crippen LogP contribution is -2.63. The van der Waals surface area contributed by atoms with Gasteiger partial charge in [-0.25, -0.2) is 8.78 Å². The van der Waals surface area contributed by atoms with Crippen LogP contribution in [0, 0.1) is 0 Å². The summed E-state index contributed by atoms with van der Waals surface area (Å²) in [6, 6.07) is 0. The Morgan fingerprint density at radius 2 is 2.03 bits per heavy atom. The number of carbonyl (C=O) groups excluding carboxylic acids is 1. The zero-order chi connectivity index (χ0) is 22.8. The number of likely N-dealkylation sites (tertiary alicyclic amines) is 1. The van der Waals surface area contributed by atoms with Crippen molar-refractivity contribution in [3.05, 3.63) is 58.5 Å². The smallest absolute Gasteiger partial charge is 0.179 e. The van der Waals surface area contributed by atoms with E-state index in [-0.39, 0.29) is 17.1 Å². The number of hydrogen-bond acceptors (Lipinski definition) is 7. The summed E-state index contributed by atoms with van der Waals surface area (Å²) in [5, 5.41) is 20.2. The molecule has 172 valence electrons. The van der Waals surface area contributed by atoms with Crippen molar-refractivity contribution < 1.29 is 18.7 Å². The summed E-state index contributed by atoms with van der Waals surface area (Å²) in [5.74, 6) is -0.106. The summed E-state index contributed by atoms with van der Waals surface area (Å²) in [6.07, 6.45) is 7.42. The highest BCUT2D eigenvalue weighted by molar-refractivity contribution is 6.00. The number of fused-ring (bicyclic) bond motifs is 2. The molecule has 2 fully saturated rings. The van der Waals surface area contributed by atoms with Crippen molar-refractivity contribution in [2.75, 3.05) is 13.1 Å². The first-order valence-electron chi connectivity index (χ1n) is 11.1. The van der Waals surface area contributed by atoms with E-state index in [1.807, 2.05) is 6.92 Å². The number of nitrogens with one attached hydrogen (secondary N) is 3. The van der Waals surface area contributed by atoms with Crippen LogP contribution in [0.25, 0.3) is 0 Å². The lowest BCUT2D eigenvalue weighted by molar-refractivity contribution is -0.114. The second-order valence-corrected chi connectivity index (χ2v) is 9.36. The number of carbonyl (C=O) groups is 1. The van der Waals surface area contributed by atoms with Crippen LogP contribution in [0.1, 0.15) is 40.0 Å². The van der Waals surface area contributed by atoms with Crippen LogP contribution < -0.4 is 16.0 Å². The number of dihydropyridines is 1. The zero-order valence-corrected chi connectivity index (χ0v) is 18.5. The minimum absolute atomic E-state index is 0.158. The summed E-state index contributed by atoms with van der Waals surface area (Å²) in [6.45, 7) is 6.60. The van der Waals surface area contributed by atoms with E-state index in [0.29, 0.717) is 5.57 Å². The fourth-order valence-corrected chi connectivity index (χ4v) is 5.15. The number of aliphatic hydroxyl groups is 1. The fourth-order valence-electron chi connectivity index (χ4n) is 5.15. The van der Waals surface area contributed by atoms with E-state index in [2.05, 4.69) is 20.9 Å². The first kappa shape index (κ1) is 21.2. The number of rotatable bonds is 5. The van der Waals surface area contributed by atoms with Crippen LogP contribution in [-0.2, 0) is 4.79 Å². The molecule has 4 unspecified atom stereocenters. The molecule has 0 radical (unpaired) electrons. The van der Waals surface area contributed by atoms with Gasteiger partial charge in [0, 0.05) is 36.5 Å². The van der Waals surface area contributed by atoms with E-state index < -0.39 is 29.7 Å². The van der Waals surface area contributed by atoms with Gasteiger partial charge >= 0.3 is 0 Å². The van der Waals surface area contributed by atoms with Crippen molar-refractivity contribution in [2.45, 2.75) is 63.9 Å². The molecule has 4 N–H and O–H groups in total. The normalized spacial score (nSPS) is 34.4. The zero-order valence-electron chi connectivity index (χ0n) is 18.5. The Morgan fingerprint density at radius 1 is 1.31 bits per heavy atom. The SMILES string of the molecule is CC(=O)C1=CC(F)=C2NC12NC(F)C1=CC(C)=CN2C1NC(N1CCCCC1)=CC2(C)O. The number of halogens is 2. The molecule has 9 heteroatoms. The predicted octanol–water partition coefficient (Wildman–Crippen LogP) is 1.99. The molecule has 4 atom stereocenters. The molecule has 0 saturated carbocycles. The molecule has 4 heterocycles. The number of alkyl halides is 1. The molecule has 5 aliphatic rings. The second-order valence-electron chi connectivity index (χ2n) is 9.36. The highest BCUT2D eigenvalue weighted by Crippen LogP contribution is 2.46. The number of Topliss-reactive ketones (excluding diaryl/α,β-unsaturated/α-hetero) is 1. The number of hydrogen-bond donors (Lipinski definition) is 4. The minimum Gasteiger partial charge on any atom is -0.367 e. The van der Waals surface area contributed by atoms with Gasteiger partial charge in [0.25, 0.3) is 0 Å². The monoisotopic (exact) mass is 445 g/mol. The van der Waals surface area contributed by atoms with Gasteiger partial charge in [-0.3, -0.25) is 10.1 Å². The maximum absolute atomic E-state index is 15.8. The number of allylic oxidation sites excluding steroid dienone is 4. The summed E-state index contributed by atoms with van der Waals surface area (Å²) in [5.41, 5.74) is -1.17. The minimum atomic E-state index is -1.70. The Labute approximate surface area is 186 Å². The first-order valence-corrected chi connectivity index (χ1v) is 11.1. The topological polar surface area (TPSA) is 89.8 Å². The average molecular weight is 446 g/mol. The van der Waals surface area contributed by atoms with Crippen molar-refractivity contribution in [3.8, 4) is 0 Å². The molecule has 5 rings (SSSR count). The Bertz CT molecular complexity index is 1020. The van der Waals surface area contributed by atoms with Gasteiger partial charge in [0.15, 0.2) is 23.5 Å². The van der Waals surface area contributed by atoms with Crippen molar-refractivity contribution in [1.29, 1.82) is 0 Å². The summed E-state index contributed by atoms with van der Waals surface area (Å²) >= 11 is 0. The van der Waals surface area contributed by atoms with Crippen molar-refractivity contribution >= 4 is 5.78 Å². The molecule has 4 aliphatic heterocycles. The molecule has 0 bridgehead atoms. The molecule has 0 aromatic rings. The molecule has 0 spiro atoms. The van der Waals surface area contributed by atoms with Crippen LogP contribution in [0.3, 0.4) is 0 Å². The Kier molecular flexibility index (Phi) is 4.76. The van der Waals surface area contributed by atoms with E-state index in [0.717, 1.165) is 43.4 Å². The maximum atomic E-state index is 15.8. The molecule has 0 amide bonds. The Hall–Kier alpha value is -2.65. The summed E-state index contributed by atoms with van der Waals surface area (Å²) in [4.78, 5) is 15.9. The van der Waals surface area contributed by atoms with E-state index in [1.165, 1.54) is 13.3 Å². The lowest BCUT2D eigenvalue weighted by atomic mass is 9.97. The van der Waals surface area contributed by atoms with Crippen LogP contribution >= 0.6 is 0 Å². The first-order chi connectivity index (χ1) is 15.1. The molecule has 32 heavy (non-hydrogen) atoms. The highest BCUT2D eigenvalue weighted by Gasteiger charge is 2.60. The molecule has 7 nitrogen and oxygen atoms in total. The quantitative estimate of drug-likeness (QED) is 0.380. The Balaban J connectivity index is 1.43. The van der Waals surface area contributed by atoms with Crippen LogP contribution in [0.4, 0.5) is 8.78 Å². The van der Waals surface area contributed by atoms with Gasteiger partial charge in [0.05, 0.1) is 5.70 Å². The molecule has 2 saturated heterocycles. The van der Waals surface area contributed by atoms with Crippen molar-refractivity contribution in [2.24, 2.45) is 0 Å². The molecule has 0 aromatic carbocycles. The Morgan fingerprint density at radius 3 is 2.69 bits per heavy atom. The van der Waals surface area contributed by atoms with Crippen molar-refractivity contribution in [1.82, 2.24) is 25.8 Å². The third-order valence-electron chi connectivity index (χ3n) is 6.80. The van der Waals surface area contributed by atoms with Crippen LogP contribution in [-0.4, -0.2) is 57.6 Å². The third kappa shape index (κ3) is 3.26. The molecular formula is C23H29F2N5O2. The summed E-state index contributed by atoms with van der Waals surface area (Å²) in [7, 11) is 0. The number of nitrogens with zero attached hydrogens (tertiary/aromatic N) is 2. The van der Waals surface area contributed by atoms with Gasteiger partial charge in [-0.05, 0) is 51.7 Å². The van der Waals surface area contributed by atoms with E-state index in [4.69, 9.17) is 0 Å². The van der Waals surface area contributed by atoms with Gasteiger partial charge in [-0.1, -0.05) is 6.08 Å². The van der Waals surface area contributed by atoms with Crippen LogP contribution in [0.15, 0.2) is 58.5 Å². The number of ketones is 1. The van der Waals surface area contributed by atoms with Gasteiger partial charge in [-0.15, -0.1) is 0 Å². The molecule has 0 aromatic heterocycles. The number of piperidine rings is 1. The van der Waals surface area contributed by atoms with Crippen LogP contribution in [0.2, 0.25) is 0 Å². The summed E-state index contributed by atoms with van der Waals surface area (Å²) < 4.78 is 30.0. The average Bonchev–Trinajstić information content (AvgIpc) is 3.39. The van der Waals surface area contributed by atoms with Gasteiger partial charge < -0.3 is 25.5 Å². The molecule has 1 aliphatic carbocycles. The van der Waals surface area contributed by atoms with Gasteiger partial charge in [-0.2, -0.15) is 0 Å². The lowest BCUT2D eigenvalue weighted by Gasteiger charge is -2.50. The maximum Gasteiger partial charge on any atom is 0.179 e. The van der Waals surface area contributed by atoms with Gasteiger partial charge in [0.1, 0.15) is 17.8 Å². The van der Waals surface area contributed by atoms with E-state index >= 15 is 4.39 Å². The van der Waals surface area contributed by atoms with E-state index in [1.54, 1.807) is 30.2 Å². The van der Waals surface area contributed by atoms with Gasteiger partial charge in [0.2, 0.25) is 0 Å². The largest absolute Gasteiger partial charge is 0.367 e. The predicted molar refractivity (Wildman–Crippen MR) is 116 cm³/mol. The van der Waals surface area contributed by atoms with Crippen LogP contribution in [0.5, 0.6) is 0 Å². The third-order valence-corrected chi connectivity index (χ3v) is 6.80. The molecular weight excluding hydrogens is 416 g/mol. The standard InChI is InChI=1S/C23H29F2N5O2/c1-13-9-15(20(25)28-23-16(14(2)31)10-17(24)19(23)27-23)21-26-18(29-7-5-4-6-8-29)11-22(3,32)30(21)12-13/h9-12,20-21,26-28,32H,4-8H2,1-3H3. The van der Waals surface area contributed by atoms with E-state index in [9.17, 15) is 14.3 Å².